The van der Waals surface area contributed by atoms with Crippen LogP contribution >= 0.6 is 11.6 Å². The summed E-state index contributed by atoms with van der Waals surface area (Å²) in [4.78, 5) is 44.2. The van der Waals surface area contributed by atoms with Crippen LogP contribution in [0.4, 0.5) is 5.69 Å². The maximum Gasteiger partial charge on any atom is 0.257 e. The lowest BCUT2D eigenvalue weighted by molar-refractivity contribution is -0.131. The fraction of sp³-hybridized carbons (Fsp3) is 0.400. The second-order valence-electron chi connectivity index (χ2n) is 8.52. The minimum absolute atomic E-state index is 0.0294. The molecule has 0 aliphatic carbocycles. The van der Waals surface area contributed by atoms with Crippen LogP contribution in [0.25, 0.3) is 0 Å². The molecule has 1 unspecified atom stereocenters. The molecular weight excluding hydrogens is 426 g/mol. The van der Waals surface area contributed by atoms with E-state index in [9.17, 15) is 14.4 Å². The van der Waals surface area contributed by atoms with Crippen molar-refractivity contribution in [3.8, 4) is 0 Å². The average molecular weight is 454 g/mol. The molecule has 2 heterocycles. The number of fused-ring (bicyclic) bond motifs is 3. The van der Waals surface area contributed by atoms with E-state index in [1.54, 1.807) is 20.8 Å². The second-order valence-corrected chi connectivity index (χ2v) is 8.93. The van der Waals surface area contributed by atoms with Gasteiger partial charge in [-0.1, -0.05) is 41.9 Å². The molecule has 0 saturated carbocycles. The predicted molar refractivity (Wildman–Crippen MR) is 124 cm³/mol. The molecule has 2 aliphatic rings. The van der Waals surface area contributed by atoms with Crippen LogP contribution in [0.3, 0.4) is 0 Å². The molecule has 7 heteroatoms. The summed E-state index contributed by atoms with van der Waals surface area (Å²) in [6.07, 6.45) is 1.86. The average Bonchev–Trinajstić information content (AvgIpc) is 3.10. The van der Waals surface area contributed by atoms with Gasteiger partial charge in [-0.2, -0.15) is 0 Å². The number of hydrogen-bond acceptors (Lipinski definition) is 3. The van der Waals surface area contributed by atoms with Gasteiger partial charge >= 0.3 is 0 Å². The normalized spacial score (nSPS) is 19.7. The third-order valence-corrected chi connectivity index (χ3v) is 6.94. The molecule has 32 heavy (non-hydrogen) atoms. The molecule has 4 rings (SSSR count). The topological polar surface area (TPSA) is 60.9 Å². The first-order chi connectivity index (χ1) is 15.4. The van der Waals surface area contributed by atoms with Crippen molar-refractivity contribution in [1.29, 1.82) is 0 Å². The number of rotatable bonds is 7. The van der Waals surface area contributed by atoms with Gasteiger partial charge in [0.25, 0.3) is 5.91 Å². The van der Waals surface area contributed by atoms with E-state index in [4.69, 9.17) is 11.6 Å². The van der Waals surface area contributed by atoms with Crippen LogP contribution in [-0.4, -0.2) is 46.3 Å². The number of anilines is 1. The summed E-state index contributed by atoms with van der Waals surface area (Å²) in [5.41, 5.74) is 1.46. The lowest BCUT2D eigenvalue weighted by Crippen LogP contribution is -2.62. The van der Waals surface area contributed by atoms with Crippen LogP contribution in [-0.2, 0) is 16.1 Å². The molecule has 0 spiro atoms. The Kier molecular flexibility index (Phi) is 6.24. The summed E-state index contributed by atoms with van der Waals surface area (Å²) in [5.74, 6) is -0.0166. The molecule has 0 radical (unpaired) electrons. The van der Waals surface area contributed by atoms with Crippen molar-refractivity contribution in [3.63, 3.8) is 0 Å². The molecule has 2 aliphatic heterocycles. The standard InChI is InChI=1S/C25H28ClN3O3/c1-3-27(17-18-9-4-6-11-20(18)26)22(30)13-8-16-28-24(32)19-10-5-7-12-21(19)29-23(31)14-15-25(28,29)2/h4-7,9-12H,3,8,13-17H2,1-2H3. The molecule has 1 fully saturated rings. The predicted octanol–water partition coefficient (Wildman–Crippen LogP) is 4.47. The fourth-order valence-electron chi connectivity index (χ4n) is 4.80. The number of nitrogens with zero attached hydrogens (tertiary/aromatic N) is 3. The van der Waals surface area contributed by atoms with E-state index in [-0.39, 0.29) is 17.7 Å². The molecule has 0 N–H and O–H groups in total. The smallest absolute Gasteiger partial charge is 0.257 e. The Morgan fingerprint density at radius 3 is 2.59 bits per heavy atom. The van der Waals surface area contributed by atoms with Gasteiger partial charge < -0.3 is 9.80 Å². The number of carbonyl (C=O) groups is 3. The number of halogens is 1. The highest BCUT2D eigenvalue weighted by molar-refractivity contribution is 6.31. The van der Waals surface area contributed by atoms with E-state index in [2.05, 4.69) is 0 Å². The summed E-state index contributed by atoms with van der Waals surface area (Å²) >= 11 is 6.26. The van der Waals surface area contributed by atoms with Crippen molar-refractivity contribution in [2.45, 2.75) is 51.7 Å². The lowest BCUT2D eigenvalue weighted by atomic mass is 9.98. The zero-order valence-electron chi connectivity index (χ0n) is 18.5. The van der Waals surface area contributed by atoms with Crippen LogP contribution < -0.4 is 4.90 Å². The summed E-state index contributed by atoms with van der Waals surface area (Å²) in [7, 11) is 0. The number of benzene rings is 2. The first kappa shape index (κ1) is 22.3. The zero-order valence-corrected chi connectivity index (χ0v) is 19.3. The van der Waals surface area contributed by atoms with Crippen LogP contribution in [0.2, 0.25) is 5.02 Å². The SMILES string of the molecule is CCN(Cc1ccccc1Cl)C(=O)CCCN1C(=O)c2ccccc2N2C(=O)CCC12C. The summed E-state index contributed by atoms with van der Waals surface area (Å²) in [6.45, 7) is 5.36. The van der Waals surface area contributed by atoms with Crippen LogP contribution in [0.15, 0.2) is 48.5 Å². The fourth-order valence-corrected chi connectivity index (χ4v) is 4.99. The number of para-hydroxylation sites is 1. The minimum atomic E-state index is -0.687. The van der Waals surface area contributed by atoms with E-state index >= 15 is 0 Å². The van der Waals surface area contributed by atoms with E-state index < -0.39 is 5.66 Å². The Morgan fingerprint density at radius 1 is 1.12 bits per heavy atom. The quantitative estimate of drug-likeness (QED) is 0.621. The Hall–Kier alpha value is -2.86. The molecule has 2 aromatic carbocycles. The Labute approximate surface area is 193 Å². The van der Waals surface area contributed by atoms with Gasteiger partial charge in [-0.25, -0.2) is 0 Å². The lowest BCUT2D eigenvalue weighted by Gasteiger charge is -2.48. The molecule has 6 nitrogen and oxygen atoms in total. The van der Waals surface area contributed by atoms with E-state index in [0.717, 1.165) is 5.56 Å². The van der Waals surface area contributed by atoms with Crippen molar-refractivity contribution in [2.24, 2.45) is 0 Å². The first-order valence-corrected chi connectivity index (χ1v) is 11.5. The monoisotopic (exact) mass is 453 g/mol. The van der Waals surface area contributed by atoms with Gasteiger partial charge in [-0.3, -0.25) is 19.3 Å². The van der Waals surface area contributed by atoms with Gasteiger partial charge in [0.2, 0.25) is 11.8 Å². The number of amides is 3. The van der Waals surface area contributed by atoms with Crippen LogP contribution in [0, 0.1) is 0 Å². The van der Waals surface area contributed by atoms with Crippen molar-refractivity contribution < 1.29 is 14.4 Å². The number of carbonyl (C=O) groups excluding carboxylic acids is 3. The Morgan fingerprint density at radius 2 is 1.84 bits per heavy atom. The van der Waals surface area contributed by atoms with Crippen molar-refractivity contribution in [3.05, 3.63) is 64.7 Å². The first-order valence-electron chi connectivity index (χ1n) is 11.1. The maximum atomic E-state index is 13.3. The van der Waals surface area contributed by atoms with Gasteiger partial charge in [-0.15, -0.1) is 0 Å². The van der Waals surface area contributed by atoms with E-state index in [1.807, 2.05) is 56.3 Å². The van der Waals surface area contributed by atoms with Gasteiger partial charge in [0, 0.05) is 37.5 Å². The maximum absolute atomic E-state index is 13.3. The van der Waals surface area contributed by atoms with Gasteiger partial charge in [-0.05, 0) is 50.5 Å². The molecule has 0 bridgehead atoms. The van der Waals surface area contributed by atoms with Crippen molar-refractivity contribution in [1.82, 2.24) is 9.80 Å². The molecule has 168 valence electrons. The highest BCUT2D eigenvalue weighted by Crippen LogP contribution is 2.44. The van der Waals surface area contributed by atoms with Crippen molar-refractivity contribution >= 4 is 35.0 Å². The second kappa shape index (κ2) is 8.94. The third kappa shape index (κ3) is 3.88. The molecule has 1 saturated heterocycles. The van der Waals surface area contributed by atoms with Crippen molar-refractivity contribution in [2.75, 3.05) is 18.0 Å². The van der Waals surface area contributed by atoms with Gasteiger partial charge in [0.05, 0.1) is 11.3 Å². The molecule has 2 aromatic rings. The van der Waals surface area contributed by atoms with Gasteiger partial charge in [0.1, 0.15) is 5.66 Å². The molecule has 0 aromatic heterocycles. The zero-order chi connectivity index (χ0) is 22.9. The molecule has 1 atom stereocenters. The van der Waals surface area contributed by atoms with E-state index in [0.29, 0.717) is 61.6 Å². The Balaban J connectivity index is 1.45. The highest BCUT2D eigenvalue weighted by atomic mass is 35.5. The van der Waals surface area contributed by atoms with Crippen LogP contribution in [0.1, 0.15) is 55.5 Å². The molecule has 3 amide bonds. The highest BCUT2D eigenvalue weighted by Gasteiger charge is 2.52. The largest absolute Gasteiger partial charge is 0.339 e. The van der Waals surface area contributed by atoms with Gasteiger partial charge in [0.15, 0.2) is 0 Å². The summed E-state index contributed by atoms with van der Waals surface area (Å²) in [6, 6.07) is 14.8. The minimum Gasteiger partial charge on any atom is -0.339 e. The number of hydrogen-bond donors (Lipinski definition) is 0. The summed E-state index contributed by atoms with van der Waals surface area (Å²) in [5, 5.41) is 0.648. The third-order valence-electron chi connectivity index (χ3n) is 6.57. The Bertz CT molecular complexity index is 1060. The van der Waals surface area contributed by atoms with E-state index in [1.165, 1.54) is 0 Å². The summed E-state index contributed by atoms with van der Waals surface area (Å²) < 4.78 is 0. The van der Waals surface area contributed by atoms with Crippen LogP contribution in [0.5, 0.6) is 0 Å². The molecular formula is C25H28ClN3O3.